The van der Waals surface area contributed by atoms with Gasteiger partial charge in [-0.1, -0.05) is 39.0 Å². The van der Waals surface area contributed by atoms with E-state index >= 15 is 0 Å². The van der Waals surface area contributed by atoms with Gasteiger partial charge in [0.2, 0.25) is 0 Å². The summed E-state index contributed by atoms with van der Waals surface area (Å²) in [5.41, 5.74) is -0.391. The van der Waals surface area contributed by atoms with E-state index in [2.05, 4.69) is 4.74 Å². The van der Waals surface area contributed by atoms with Crippen molar-refractivity contribution in [3.05, 3.63) is 35.9 Å². The van der Waals surface area contributed by atoms with Gasteiger partial charge < -0.3 is 10.1 Å². The number of esters is 1. The van der Waals surface area contributed by atoms with Crippen LogP contribution in [0.25, 0.3) is 0 Å². The molecule has 1 aromatic carbocycles. The molecule has 0 fully saturated rings. The number of alkyl halides is 13. The minimum Gasteiger partial charge on any atom is -0.464 e. The largest absolute Gasteiger partial charge is 0.464 e. The van der Waals surface area contributed by atoms with Gasteiger partial charge in [-0.25, -0.2) is 4.79 Å². The number of benzene rings is 1. The molecule has 17 heteroatoms. The highest BCUT2D eigenvalue weighted by Gasteiger charge is 2.91. The van der Waals surface area contributed by atoms with Crippen LogP contribution in [0.1, 0.15) is 31.1 Å². The van der Waals surface area contributed by atoms with Crippen molar-refractivity contribution in [2.45, 2.75) is 62.6 Å². The lowest BCUT2D eigenvalue weighted by Crippen LogP contribution is -2.72. The number of ether oxygens (including phenoxy) is 1. The molecule has 38 heavy (non-hydrogen) atoms. The third kappa shape index (κ3) is 5.80. The van der Waals surface area contributed by atoms with Crippen LogP contribution in [-0.2, 0) is 9.53 Å². The monoisotopic (exact) mass is 581 g/mol. The quantitative estimate of drug-likeness (QED) is 0.245. The molecule has 1 aromatic rings. The van der Waals surface area contributed by atoms with E-state index in [4.69, 9.17) is 0 Å². The molecule has 218 valence electrons. The van der Waals surface area contributed by atoms with E-state index in [-0.39, 0.29) is 6.92 Å². The van der Waals surface area contributed by atoms with Crippen LogP contribution in [0.2, 0.25) is 0 Å². The average molecular weight is 581 g/mol. The first-order valence-corrected chi connectivity index (χ1v) is 10.4. The summed E-state index contributed by atoms with van der Waals surface area (Å²) in [5.74, 6) is -45.8. The number of carbonyl (C=O) groups excluding carboxylic acids is 2. The molecule has 1 N–H and O–H groups in total. The molecule has 1 rings (SSSR count). The third-order valence-corrected chi connectivity index (χ3v) is 5.16. The number of hydrogen-bond acceptors (Lipinski definition) is 3. The molecular formula is C21H20F13NO3. The minimum atomic E-state index is -8.09. The first kappa shape index (κ1) is 33.3. The van der Waals surface area contributed by atoms with Crippen molar-refractivity contribution in [1.29, 1.82) is 0 Å². The Morgan fingerprint density at radius 3 is 1.61 bits per heavy atom. The SMILES string of the molecule is CC(C)COC(=O)C(NC(=O)c1ccccc1)C(C)C(F)(F)C(F)(F)C(F)(F)C(F)(F)C(F)(F)C(F)(F)F. The second kappa shape index (κ2) is 10.8. The molecule has 4 nitrogen and oxygen atoms in total. The predicted molar refractivity (Wildman–Crippen MR) is 103 cm³/mol. The Morgan fingerprint density at radius 2 is 1.18 bits per heavy atom. The Kier molecular flexibility index (Phi) is 9.45. The van der Waals surface area contributed by atoms with E-state index in [9.17, 15) is 66.7 Å². The lowest BCUT2D eigenvalue weighted by Gasteiger charge is -2.42. The van der Waals surface area contributed by atoms with E-state index in [1.165, 1.54) is 37.4 Å². The topological polar surface area (TPSA) is 55.4 Å². The van der Waals surface area contributed by atoms with E-state index in [1.807, 2.05) is 0 Å². The summed E-state index contributed by atoms with van der Waals surface area (Å²) in [6.45, 7) is 2.08. The predicted octanol–water partition coefficient (Wildman–Crippen LogP) is 6.36. The summed E-state index contributed by atoms with van der Waals surface area (Å²) in [4.78, 5) is 24.7. The van der Waals surface area contributed by atoms with Crippen LogP contribution >= 0.6 is 0 Å². The molecule has 2 unspecified atom stereocenters. The molecule has 0 aliphatic rings. The number of rotatable bonds is 11. The number of nitrogens with one attached hydrogen (secondary N) is 1. The van der Waals surface area contributed by atoms with Gasteiger partial charge in [-0.3, -0.25) is 4.79 Å². The zero-order valence-corrected chi connectivity index (χ0v) is 19.5. The molecule has 0 aromatic heterocycles. The van der Waals surface area contributed by atoms with Crippen molar-refractivity contribution in [2.75, 3.05) is 6.61 Å². The van der Waals surface area contributed by atoms with Gasteiger partial charge in [-0.2, -0.15) is 57.1 Å². The molecule has 0 bridgehead atoms. The smallest absolute Gasteiger partial charge is 0.460 e. The highest BCUT2D eigenvalue weighted by atomic mass is 19.4. The molecule has 0 saturated carbocycles. The lowest BCUT2D eigenvalue weighted by atomic mass is 9.84. The van der Waals surface area contributed by atoms with Crippen LogP contribution in [0.5, 0.6) is 0 Å². The second-order valence-corrected chi connectivity index (χ2v) is 8.55. The highest BCUT2D eigenvalue weighted by Crippen LogP contribution is 2.61. The lowest BCUT2D eigenvalue weighted by molar-refractivity contribution is -0.443. The zero-order chi connectivity index (χ0) is 30.1. The van der Waals surface area contributed by atoms with Gasteiger partial charge in [0.1, 0.15) is 6.04 Å². The van der Waals surface area contributed by atoms with Crippen molar-refractivity contribution >= 4 is 11.9 Å². The van der Waals surface area contributed by atoms with Crippen LogP contribution in [-0.4, -0.2) is 60.3 Å². The van der Waals surface area contributed by atoms with Crippen molar-refractivity contribution in [1.82, 2.24) is 5.32 Å². The summed E-state index contributed by atoms with van der Waals surface area (Å²) in [6.07, 6.45) is -7.55. The standard InChI is InChI=1S/C21H20F13NO3/c1-10(2)9-38-15(37)13(35-14(36)12-7-5-4-6-8-12)11(3)16(22,23)17(24,25)18(26,27)19(28,29)20(30,31)21(32,33)34/h4-8,10-11,13H,9H2,1-3H3,(H,35,36). The van der Waals surface area contributed by atoms with Crippen molar-refractivity contribution in [3.63, 3.8) is 0 Å². The number of hydrogen-bond donors (Lipinski definition) is 1. The van der Waals surface area contributed by atoms with Crippen molar-refractivity contribution in [2.24, 2.45) is 11.8 Å². The highest BCUT2D eigenvalue weighted by molar-refractivity contribution is 5.96. The maximum absolute atomic E-state index is 14.7. The zero-order valence-electron chi connectivity index (χ0n) is 19.5. The number of halogens is 13. The Morgan fingerprint density at radius 1 is 0.737 bits per heavy atom. The number of amides is 1. The fourth-order valence-corrected chi connectivity index (χ4v) is 2.82. The van der Waals surface area contributed by atoms with E-state index in [0.717, 1.165) is 12.1 Å². The Labute approximate surface area is 206 Å². The van der Waals surface area contributed by atoms with Crippen molar-refractivity contribution < 1.29 is 71.4 Å². The van der Waals surface area contributed by atoms with E-state index in [1.54, 1.807) is 0 Å². The third-order valence-electron chi connectivity index (χ3n) is 5.16. The fraction of sp³-hybridized carbons (Fsp3) is 0.619. The Hall–Kier alpha value is -2.75. The van der Waals surface area contributed by atoms with Crippen LogP contribution in [0.15, 0.2) is 30.3 Å². The van der Waals surface area contributed by atoms with Gasteiger partial charge in [-0.05, 0) is 18.1 Å². The number of carbonyl (C=O) groups is 2. The van der Waals surface area contributed by atoms with Gasteiger partial charge in [0.15, 0.2) is 0 Å². The van der Waals surface area contributed by atoms with E-state index < -0.39 is 77.7 Å². The summed E-state index contributed by atoms with van der Waals surface area (Å²) >= 11 is 0. The second-order valence-electron chi connectivity index (χ2n) is 8.55. The van der Waals surface area contributed by atoms with Gasteiger partial charge in [0, 0.05) is 5.56 Å². The first-order chi connectivity index (χ1) is 16.9. The summed E-state index contributed by atoms with van der Waals surface area (Å²) < 4.78 is 181. The molecule has 0 heterocycles. The maximum atomic E-state index is 14.7. The molecule has 0 aliphatic carbocycles. The van der Waals surface area contributed by atoms with Gasteiger partial charge in [-0.15, -0.1) is 0 Å². The normalized spacial score (nSPS) is 15.7. The molecular weight excluding hydrogens is 561 g/mol. The van der Waals surface area contributed by atoms with Gasteiger partial charge in [0.25, 0.3) is 5.91 Å². The summed E-state index contributed by atoms with van der Waals surface area (Å²) in [5, 5.41) is 1.49. The van der Waals surface area contributed by atoms with Crippen molar-refractivity contribution in [3.8, 4) is 0 Å². The molecule has 1 amide bonds. The van der Waals surface area contributed by atoms with Crippen LogP contribution in [0.4, 0.5) is 57.1 Å². The molecule has 2 atom stereocenters. The summed E-state index contributed by atoms with van der Waals surface area (Å²) in [6, 6.07) is 2.86. The summed E-state index contributed by atoms with van der Waals surface area (Å²) in [7, 11) is 0. The first-order valence-electron chi connectivity index (χ1n) is 10.4. The molecule has 0 saturated heterocycles. The average Bonchev–Trinajstić information content (AvgIpc) is 2.79. The van der Waals surface area contributed by atoms with Gasteiger partial charge >= 0.3 is 41.8 Å². The van der Waals surface area contributed by atoms with Crippen LogP contribution in [0, 0.1) is 11.8 Å². The Balaban J connectivity index is 3.57. The maximum Gasteiger partial charge on any atom is 0.460 e. The van der Waals surface area contributed by atoms with Gasteiger partial charge in [0.05, 0.1) is 12.5 Å². The van der Waals surface area contributed by atoms with Crippen LogP contribution < -0.4 is 5.32 Å². The Bertz CT molecular complexity index is 978. The molecule has 0 radical (unpaired) electrons. The van der Waals surface area contributed by atoms with Crippen LogP contribution in [0.3, 0.4) is 0 Å². The fourth-order valence-electron chi connectivity index (χ4n) is 2.82. The minimum absolute atomic E-state index is 0.128. The molecule has 0 spiro atoms. The van der Waals surface area contributed by atoms with E-state index in [0.29, 0.717) is 0 Å². The molecule has 0 aliphatic heterocycles.